The molecule has 1 nitrogen and oxygen atoms in total. The van der Waals surface area contributed by atoms with Crippen molar-refractivity contribution in [2.45, 2.75) is 6.42 Å². The second-order valence-corrected chi connectivity index (χ2v) is 5.48. The van der Waals surface area contributed by atoms with Gasteiger partial charge in [0.25, 0.3) is 0 Å². The number of benzene rings is 2. The zero-order chi connectivity index (χ0) is 13.1. The molecule has 0 aliphatic carbocycles. The highest BCUT2D eigenvalue weighted by Crippen LogP contribution is 2.22. The van der Waals surface area contributed by atoms with Crippen molar-refractivity contribution in [3.8, 4) is 0 Å². The number of hydrogen-bond donors (Lipinski definition) is 0. The molecule has 0 N–H and O–H groups in total. The van der Waals surface area contributed by atoms with E-state index in [2.05, 4.69) is 75.5 Å². The Morgan fingerprint density at radius 1 is 0.947 bits per heavy atom. The first-order chi connectivity index (χ1) is 9.33. The van der Waals surface area contributed by atoms with Crippen LogP contribution in [0.4, 0.5) is 0 Å². The summed E-state index contributed by atoms with van der Waals surface area (Å²) in [6.07, 6.45) is 3.27. The van der Waals surface area contributed by atoms with Crippen LogP contribution in [0, 0.1) is 0 Å². The Bertz CT molecular complexity index is 624. The van der Waals surface area contributed by atoms with E-state index < -0.39 is 0 Å². The van der Waals surface area contributed by atoms with E-state index in [4.69, 9.17) is 0 Å². The van der Waals surface area contributed by atoms with Crippen molar-refractivity contribution in [1.82, 2.24) is 0 Å². The monoisotopic (exact) mass is 311 g/mol. The molecule has 2 heteroatoms. The third-order valence-electron chi connectivity index (χ3n) is 3.21. The summed E-state index contributed by atoms with van der Waals surface area (Å²) < 4.78 is 1.11. The third kappa shape index (κ3) is 2.85. The molecule has 1 heterocycles. The lowest BCUT2D eigenvalue weighted by Gasteiger charge is -2.04. The molecule has 0 fully saturated rings. The lowest BCUT2D eigenvalue weighted by molar-refractivity contribution is 1.05. The molecule has 0 spiro atoms. The van der Waals surface area contributed by atoms with Gasteiger partial charge < -0.3 is 0 Å². The molecule has 1 aliphatic rings. The molecule has 0 atom stereocenters. The smallest absolute Gasteiger partial charge is 0.0679 e. The van der Waals surface area contributed by atoms with Gasteiger partial charge in [-0.25, -0.2) is 0 Å². The Labute approximate surface area is 121 Å². The normalized spacial score (nSPS) is 16.7. The van der Waals surface area contributed by atoms with Crippen molar-refractivity contribution in [2.24, 2.45) is 4.99 Å². The first kappa shape index (κ1) is 12.4. The zero-order valence-electron chi connectivity index (χ0n) is 10.5. The molecule has 94 valence electrons. The maximum absolute atomic E-state index is 4.64. The second kappa shape index (κ2) is 5.54. The molecule has 0 unspecified atom stereocenters. The fourth-order valence-corrected chi connectivity index (χ4v) is 2.55. The van der Waals surface area contributed by atoms with Crippen LogP contribution in [0.5, 0.6) is 0 Å². The minimum absolute atomic E-state index is 0.895. The summed E-state index contributed by atoms with van der Waals surface area (Å²) in [6.45, 7) is 0.895. The summed E-state index contributed by atoms with van der Waals surface area (Å²) in [6, 6.07) is 18.8. The van der Waals surface area contributed by atoms with Gasteiger partial charge in [-0.05, 0) is 41.3 Å². The molecular weight excluding hydrogens is 298 g/mol. The molecule has 3 rings (SSSR count). The fourth-order valence-electron chi connectivity index (χ4n) is 2.28. The van der Waals surface area contributed by atoms with Crippen molar-refractivity contribution in [3.05, 3.63) is 75.8 Å². The van der Waals surface area contributed by atoms with Crippen LogP contribution in [0.3, 0.4) is 0 Å². The van der Waals surface area contributed by atoms with E-state index in [1.54, 1.807) is 0 Å². The largest absolute Gasteiger partial charge is 0.284 e. The van der Waals surface area contributed by atoms with Gasteiger partial charge in [-0.3, -0.25) is 4.99 Å². The van der Waals surface area contributed by atoms with E-state index >= 15 is 0 Å². The molecule has 0 bridgehead atoms. The van der Waals surface area contributed by atoms with Gasteiger partial charge in [0.05, 0.1) is 5.71 Å². The van der Waals surface area contributed by atoms with Gasteiger partial charge in [-0.2, -0.15) is 0 Å². The molecule has 2 aromatic rings. The summed E-state index contributed by atoms with van der Waals surface area (Å²) >= 11 is 3.46. The quantitative estimate of drug-likeness (QED) is 0.760. The molecule has 19 heavy (non-hydrogen) atoms. The molecule has 0 radical (unpaired) electrons. The number of halogens is 1. The maximum Gasteiger partial charge on any atom is 0.0679 e. The fraction of sp³-hybridized carbons (Fsp3) is 0.118. The standard InChI is InChI=1S/C17H14BrN/c18-16-8-6-13(7-9-16)12-15-10-11-19-17(15)14-4-2-1-3-5-14/h1-9,12H,10-11H2/b15-12-. The van der Waals surface area contributed by atoms with Gasteiger partial charge >= 0.3 is 0 Å². The van der Waals surface area contributed by atoms with E-state index in [1.807, 2.05) is 6.07 Å². The van der Waals surface area contributed by atoms with Crippen LogP contribution in [-0.4, -0.2) is 12.3 Å². The predicted molar refractivity (Wildman–Crippen MR) is 84.6 cm³/mol. The summed E-state index contributed by atoms with van der Waals surface area (Å²) in [7, 11) is 0. The Kier molecular flexibility index (Phi) is 3.60. The lowest BCUT2D eigenvalue weighted by atomic mass is 10.00. The van der Waals surface area contributed by atoms with Gasteiger partial charge in [0.1, 0.15) is 0 Å². The topological polar surface area (TPSA) is 12.4 Å². The van der Waals surface area contributed by atoms with Gasteiger partial charge in [-0.1, -0.05) is 58.4 Å². The minimum atomic E-state index is 0.895. The van der Waals surface area contributed by atoms with E-state index in [9.17, 15) is 0 Å². The Hall–Kier alpha value is -1.67. The van der Waals surface area contributed by atoms with Gasteiger partial charge in [0, 0.05) is 11.0 Å². The molecule has 0 saturated heterocycles. The second-order valence-electron chi connectivity index (χ2n) is 4.57. The average molecular weight is 312 g/mol. The van der Waals surface area contributed by atoms with E-state index in [1.165, 1.54) is 16.7 Å². The Morgan fingerprint density at radius 2 is 1.68 bits per heavy atom. The van der Waals surface area contributed by atoms with Crippen molar-refractivity contribution in [1.29, 1.82) is 0 Å². The highest BCUT2D eigenvalue weighted by molar-refractivity contribution is 9.10. The van der Waals surface area contributed by atoms with Gasteiger partial charge in [0.15, 0.2) is 0 Å². The number of nitrogens with zero attached hydrogens (tertiary/aromatic N) is 1. The summed E-state index contributed by atoms with van der Waals surface area (Å²) in [5.41, 5.74) is 4.91. The van der Waals surface area contributed by atoms with Crippen molar-refractivity contribution in [3.63, 3.8) is 0 Å². The number of rotatable bonds is 2. The van der Waals surface area contributed by atoms with Crippen LogP contribution in [0.25, 0.3) is 6.08 Å². The predicted octanol–water partition coefficient (Wildman–Crippen LogP) is 4.73. The first-order valence-corrected chi connectivity index (χ1v) is 7.18. The molecular formula is C17H14BrN. The van der Waals surface area contributed by atoms with E-state index in [0.29, 0.717) is 0 Å². The number of hydrogen-bond acceptors (Lipinski definition) is 1. The molecule has 0 amide bonds. The number of aliphatic imine (C=N–C) groups is 1. The minimum Gasteiger partial charge on any atom is -0.284 e. The third-order valence-corrected chi connectivity index (χ3v) is 3.74. The molecule has 2 aromatic carbocycles. The first-order valence-electron chi connectivity index (χ1n) is 6.39. The molecule has 0 saturated carbocycles. The van der Waals surface area contributed by atoms with Crippen LogP contribution in [0.2, 0.25) is 0 Å². The summed E-state index contributed by atoms with van der Waals surface area (Å²) in [5.74, 6) is 0. The summed E-state index contributed by atoms with van der Waals surface area (Å²) in [5, 5.41) is 0. The Morgan fingerprint density at radius 3 is 2.42 bits per heavy atom. The highest BCUT2D eigenvalue weighted by Gasteiger charge is 2.14. The van der Waals surface area contributed by atoms with Crippen molar-refractivity contribution in [2.75, 3.05) is 6.54 Å². The van der Waals surface area contributed by atoms with Crippen LogP contribution >= 0.6 is 15.9 Å². The van der Waals surface area contributed by atoms with E-state index in [-0.39, 0.29) is 0 Å². The van der Waals surface area contributed by atoms with Crippen molar-refractivity contribution < 1.29 is 0 Å². The highest BCUT2D eigenvalue weighted by atomic mass is 79.9. The molecule has 1 aliphatic heterocycles. The van der Waals surface area contributed by atoms with Gasteiger partial charge in [-0.15, -0.1) is 0 Å². The van der Waals surface area contributed by atoms with Crippen molar-refractivity contribution >= 4 is 27.7 Å². The summed E-state index contributed by atoms with van der Waals surface area (Å²) in [4.78, 5) is 4.64. The van der Waals surface area contributed by atoms with Crippen LogP contribution in [0.15, 0.2) is 69.6 Å². The zero-order valence-corrected chi connectivity index (χ0v) is 12.1. The molecule has 0 aromatic heterocycles. The SMILES string of the molecule is Brc1ccc(/C=C2/CCN=C2c2ccccc2)cc1. The van der Waals surface area contributed by atoms with Crippen LogP contribution in [0.1, 0.15) is 17.5 Å². The van der Waals surface area contributed by atoms with Crippen LogP contribution < -0.4 is 0 Å². The van der Waals surface area contributed by atoms with Crippen LogP contribution in [-0.2, 0) is 0 Å². The van der Waals surface area contributed by atoms with E-state index in [0.717, 1.165) is 23.1 Å². The van der Waals surface area contributed by atoms with Gasteiger partial charge in [0.2, 0.25) is 0 Å². The maximum atomic E-state index is 4.64. The average Bonchev–Trinajstić information content (AvgIpc) is 2.90. The Balaban J connectivity index is 1.93. The lowest BCUT2D eigenvalue weighted by Crippen LogP contribution is -1.99.